The fourth-order valence-corrected chi connectivity index (χ4v) is 0.534. The second-order valence-electron chi connectivity index (χ2n) is 1.65. The number of rotatable bonds is 0. The molecule has 0 atom stereocenters. The smallest absolute Gasteiger partial charge is 0.0398 e. The molecule has 0 saturated heterocycles. The van der Waals surface area contributed by atoms with Crippen LogP contribution in [0.2, 0.25) is 4.97 Å². The van der Waals surface area contributed by atoms with Crippen LogP contribution in [0.3, 0.4) is 0 Å². The summed E-state index contributed by atoms with van der Waals surface area (Å²) in [5.74, 6) is 0. The van der Waals surface area contributed by atoms with E-state index in [1.54, 1.807) is 22.3 Å². The molecule has 0 radical (unpaired) electrons. The minimum absolute atomic E-state index is 1.32. The fraction of sp³-hybridized carbons (Fsp3) is 0.250. The molecule has 1 heteroatoms. The van der Waals surface area contributed by atoms with Gasteiger partial charge in [0.05, 0.1) is 0 Å². The van der Waals surface area contributed by atoms with E-state index in [0.29, 0.717) is 0 Å². The number of hydrogen-bond donors (Lipinski definition) is 0. The molecule has 0 aliphatic heterocycles. The van der Waals surface area contributed by atoms with Gasteiger partial charge in [0.2, 0.25) is 0 Å². The van der Waals surface area contributed by atoms with Crippen molar-refractivity contribution in [3.05, 3.63) is 35.9 Å². The molecule has 0 nitrogen and oxygen atoms in total. The predicted octanol–water partition coefficient (Wildman–Crippen LogP) is 1.93. The van der Waals surface area contributed by atoms with Gasteiger partial charge >= 0.3 is 27.3 Å². The van der Waals surface area contributed by atoms with Gasteiger partial charge in [-0.3, -0.25) is 0 Å². The molecule has 0 aliphatic rings. The Bertz CT molecular complexity index is 134. The third kappa shape index (κ3) is 4.51. The summed E-state index contributed by atoms with van der Waals surface area (Å²) in [6.45, 7) is 2.08. The van der Waals surface area contributed by atoms with E-state index < -0.39 is 0 Å². The Hall–Kier alpha value is 0.00961. The van der Waals surface area contributed by atoms with Crippen molar-refractivity contribution >= 4 is 22.3 Å². The monoisotopic (exact) mass is 238 g/mol. The van der Waals surface area contributed by atoms with Crippen molar-refractivity contribution in [3.8, 4) is 0 Å². The predicted molar refractivity (Wildman–Crippen MR) is 44.2 cm³/mol. The van der Waals surface area contributed by atoms with Gasteiger partial charge in [-0.25, -0.2) is 0 Å². The van der Waals surface area contributed by atoms with Crippen molar-refractivity contribution in [1.82, 2.24) is 0 Å². The first-order chi connectivity index (χ1) is 4.39. The number of aryl methyl sites for hydroxylation is 1. The van der Waals surface area contributed by atoms with Crippen LogP contribution < -0.4 is 0 Å². The van der Waals surface area contributed by atoms with Gasteiger partial charge < -0.3 is 0 Å². The minimum atomic E-state index is 1.32. The molecule has 1 rings (SSSR count). The van der Waals surface area contributed by atoms with E-state index in [4.69, 9.17) is 0 Å². The van der Waals surface area contributed by atoms with Gasteiger partial charge in [-0.15, -0.1) is 0 Å². The van der Waals surface area contributed by atoms with Crippen LogP contribution >= 0.6 is 0 Å². The van der Waals surface area contributed by atoms with Crippen LogP contribution in [0.25, 0.3) is 0 Å². The second kappa shape index (κ2) is 6.13. The Balaban J connectivity index is 0.000000291. The van der Waals surface area contributed by atoms with Crippen LogP contribution in [0.5, 0.6) is 0 Å². The summed E-state index contributed by atoms with van der Waals surface area (Å²) in [4.78, 5) is 2.05. The Morgan fingerprint density at radius 3 is 1.67 bits per heavy atom. The molecule has 0 aliphatic carbocycles. The van der Waals surface area contributed by atoms with Crippen molar-refractivity contribution < 1.29 is 0 Å². The van der Waals surface area contributed by atoms with Crippen LogP contribution in [0.15, 0.2) is 30.3 Å². The number of benzene rings is 1. The molecular weight excluding hydrogens is 224 g/mol. The van der Waals surface area contributed by atoms with Crippen molar-refractivity contribution in [2.24, 2.45) is 0 Å². The third-order valence-electron chi connectivity index (χ3n) is 0.940. The molecule has 9 heavy (non-hydrogen) atoms. The Labute approximate surface area is 70.2 Å². The van der Waals surface area contributed by atoms with Crippen molar-refractivity contribution in [1.29, 1.82) is 0 Å². The van der Waals surface area contributed by atoms with E-state index in [1.807, 2.05) is 18.2 Å². The SMILES string of the molecule is C[TeH].Cc1ccccc1. The number of hydrogen-bond acceptors (Lipinski definition) is 0. The van der Waals surface area contributed by atoms with E-state index >= 15 is 0 Å². The largest absolute Gasteiger partial charge is 0.0622 e. The molecule has 1 aromatic rings. The molecule has 0 unspecified atom stereocenters. The van der Waals surface area contributed by atoms with Gasteiger partial charge in [0.1, 0.15) is 0 Å². The zero-order chi connectivity index (χ0) is 7.11. The molecule has 0 fully saturated rings. The maximum atomic E-state index is 2.08. The third-order valence-corrected chi connectivity index (χ3v) is 0.940. The van der Waals surface area contributed by atoms with Crippen LogP contribution in [-0.4, -0.2) is 22.3 Å². The van der Waals surface area contributed by atoms with Crippen LogP contribution in [0.1, 0.15) is 5.56 Å². The molecule has 0 aromatic heterocycles. The topological polar surface area (TPSA) is 0 Å². The normalized spacial score (nSPS) is 7.44. The molecule has 0 heterocycles. The Morgan fingerprint density at radius 2 is 1.44 bits per heavy atom. The summed E-state index contributed by atoms with van der Waals surface area (Å²) in [5, 5.41) is 0. The molecule has 50 valence electrons. The summed E-state index contributed by atoms with van der Waals surface area (Å²) in [6.07, 6.45) is 0. The van der Waals surface area contributed by atoms with Gasteiger partial charge in [-0.05, 0) is 6.92 Å². The van der Waals surface area contributed by atoms with Crippen molar-refractivity contribution in [3.63, 3.8) is 0 Å². The molecule has 1 aromatic carbocycles. The van der Waals surface area contributed by atoms with Crippen molar-refractivity contribution in [2.75, 3.05) is 0 Å². The Kier molecular flexibility index (Phi) is 6.14. The molecule has 0 N–H and O–H groups in total. The summed E-state index contributed by atoms with van der Waals surface area (Å²) in [7, 11) is 0. The van der Waals surface area contributed by atoms with Crippen molar-refractivity contribution in [2.45, 2.75) is 11.9 Å². The summed E-state index contributed by atoms with van der Waals surface area (Å²) < 4.78 is 0. The van der Waals surface area contributed by atoms with Gasteiger partial charge in [0.15, 0.2) is 0 Å². The first kappa shape index (κ1) is 9.01. The average molecular weight is 236 g/mol. The van der Waals surface area contributed by atoms with Crippen LogP contribution in [0.4, 0.5) is 0 Å². The fourth-order valence-electron chi connectivity index (χ4n) is 0.534. The maximum absolute atomic E-state index is 2.08. The molecule has 0 saturated carbocycles. The summed E-state index contributed by atoms with van der Waals surface area (Å²) in [5.41, 5.74) is 1.32. The standard InChI is InChI=1S/C7H8.CH4Te/c1-7-5-3-2-4-6-7;1-2/h2-6H,1H3;2H,1H3. The van der Waals surface area contributed by atoms with Gasteiger partial charge in [0.25, 0.3) is 0 Å². The summed E-state index contributed by atoms with van der Waals surface area (Å²) >= 11 is 1.75. The first-order valence-electron chi connectivity index (χ1n) is 2.86. The van der Waals surface area contributed by atoms with Crippen LogP contribution in [-0.2, 0) is 0 Å². The van der Waals surface area contributed by atoms with E-state index in [0.717, 1.165) is 0 Å². The minimum Gasteiger partial charge on any atom is -0.0622 e. The second-order valence-corrected chi connectivity index (χ2v) is 1.65. The Morgan fingerprint density at radius 1 is 1.00 bits per heavy atom. The zero-order valence-electron chi connectivity index (χ0n) is 5.83. The van der Waals surface area contributed by atoms with E-state index in [9.17, 15) is 0 Å². The quantitative estimate of drug-likeness (QED) is 0.603. The maximum Gasteiger partial charge on any atom is -0.0398 e. The van der Waals surface area contributed by atoms with Gasteiger partial charge in [-0.2, -0.15) is 0 Å². The van der Waals surface area contributed by atoms with E-state index in [-0.39, 0.29) is 0 Å². The first-order valence-corrected chi connectivity index (χ1v) is 5.41. The van der Waals surface area contributed by atoms with Gasteiger partial charge in [-0.1, -0.05) is 35.9 Å². The molecule has 0 bridgehead atoms. The van der Waals surface area contributed by atoms with E-state index in [2.05, 4.69) is 24.0 Å². The molecule has 0 amide bonds. The zero-order valence-corrected chi connectivity index (χ0v) is 8.39. The molecule has 0 spiro atoms. The van der Waals surface area contributed by atoms with E-state index in [1.165, 1.54) is 5.56 Å². The molecular formula is C8H12Te. The van der Waals surface area contributed by atoms with Crippen LogP contribution in [0, 0.1) is 6.92 Å². The van der Waals surface area contributed by atoms with Gasteiger partial charge in [0, 0.05) is 0 Å². The average Bonchev–Trinajstić information content (AvgIpc) is 1.94. The summed E-state index contributed by atoms with van der Waals surface area (Å²) in [6, 6.07) is 10.3.